The molecule has 0 spiro atoms. The summed E-state index contributed by atoms with van der Waals surface area (Å²) in [5.74, 6) is 1.66. The molecule has 3 heterocycles. The maximum atomic E-state index is 13.1. The van der Waals surface area contributed by atoms with Crippen LogP contribution in [-0.2, 0) is 0 Å². The van der Waals surface area contributed by atoms with Crippen LogP contribution >= 0.6 is 11.6 Å². The van der Waals surface area contributed by atoms with E-state index in [0.29, 0.717) is 25.4 Å². The number of anilines is 1. The zero-order valence-corrected chi connectivity index (χ0v) is 19.2. The Morgan fingerprint density at radius 1 is 1.00 bits per heavy atom. The van der Waals surface area contributed by atoms with Crippen molar-refractivity contribution >= 4 is 23.4 Å². The van der Waals surface area contributed by atoms with Gasteiger partial charge in [0.1, 0.15) is 12.1 Å². The zero-order valence-electron chi connectivity index (χ0n) is 18.5. The molecule has 1 N–H and O–H groups in total. The van der Waals surface area contributed by atoms with E-state index >= 15 is 0 Å². The Hall–Kier alpha value is -2.38. The second-order valence-electron chi connectivity index (χ2n) is 9.22. The summed E-state index contributed by atoms with van der Waals surface area (Å²) < 4.78 is 0. The first-order valence-electron chi connectivity index (χ1n) is 11.6. The van der Waals surface area contributed by atoms with Crippen LogP contribution < -0.4 is 4.90 Å². The molecular formula is C24H30ClN5O2. The third-order valence-electron chi connectivity index (χ3n) is 7.24. The van der Waals surface area contributed by atoms with Crippen molar-refractivity contribution in [3.63, 3.8) is 0 Å². The maximum absolute atomic E-state index is 13.1. The van der Waals surface area contributed by atoms with Crippen molar-refractivity contribution in [2.45, 2.75) is 44.1 Å². The fourth-order valence-corrected chi connectivity index (χ4v) is 5.53. The standard InChI is InChI=1S/C24H30ClN5O2/c1-16-14-20(31)22-21(16)23(27-15-26-22)28-10-12-30(13-11-28)24(32)29-8-6-18(7-9-29)17-2-4-19(25)5-3-17/h2-5,15-16,18,20,31H,6-14H2,1H3/t16-,20-/m1/s1. The number of benzene rings is 1. The van der Waals surface area contributed by atoms with Crippen molar-refractivity contribution in [3.8, 4) is 0 Å². The molecule has 8 heteroatoms. The van der Waals surface area contributed by atoms with Gasteiger partial charge >= 0.3 is 6.03 Å². The number of halogens is 1. The number of aromatic nitrogens is 2. The summed E-state index contributed by atoms with van der Waals surface area (Å²) >= 11 is 6.01. The monoisotopic (exact) mass is 455 g/mol. The predicted octanol–water partition coefficient (Wildman–Crippen LogP) is 3.79. The number of fused-ring (bicyclic) bond motifs is 1. The molecule has 1 aromatic heterocycles. The molecule has 0 bridgehead atoms. The maximum Gasteiger partial charge on any atom is 0.320 e. The van der Waals surface area contributed by atoms with E-state index in [0.717, 1.165) is 61.1 Å². The van der Waals surface area contributed by atoms with Crippen LogP contribution in [0.2, 0.25) is 5.02 Å². The Morgan fingerprint density at radius 2 is 1.66 bits per heavy atom. The number of piperidine rings is 1. The van der Waals surface area contributed by atoms with E-state index in [9.17, 15) is 9.90 Å². The average molecular weight is 456 g/mol. The Bertz CT molecular complexity index is 969. The first kappa shape index (κ1) is 21.5. The Balaban J connectivity index is 1.17. The van der Waals surface area contributed by atoms with E-state index in [2.05, 4.69) is 33.9 Å². The number of rotatable bonds is 2. The van der Waals surface area contributed by atoms with Crippen LogP contribution in [0.15, 0.2) is 30.6 Å². The second kappa shape index (κ2) is 8.87. The van der Waals surface area contributed by atoms with Crippen molar-refractivity contribution in [1.82, 2.24) is 19.8 Å². The summed E-state index contributed by atoms with van der Waals surface area (Å²) in [5.41, 5.74) is 3.15. The highest BCUT2D eigenvalue weighted by Gasteiger charge is 2.35. The summed E-state index contributed by atoms with van der Waals surface area (Å²) in [4.78, 5) is 28.2. The van der Waals surface area contributed by atoms with E-state index < -0.39 is 6.10 Å². The van der Waals surface area contributed by atoms with Gasteiger partial charge in [-0.15, -0.1) is 0 Å². The van der Waals surface area contributed by atoms with Crippen molar-refractivity contribution in [3.05, 3.63) is 52.4 Å². The van der Waals surface area contributed by atoms with Crippen LogP contribution in [0.25, 0.3) is 0 Å². The zero-order chi connectivity index (χ0) is 22.2. The van der Waals surface area contributed by atoms with Crippen LogP contribution in [0.1, 0.15) is 60.9 Å². The molecule has 2 amide bonds. The van der Waals surface area contributed by atoms with Crippen LogP contribution in [0, 0.1) is 0 Å². The largest absolute Gasteiger partial charge is 0.387 e. The number of nitrogens with zero attached hydrogens (tertiary/aromatic N) is 5. The van der Waals surface area contributed by atoms with Gasteiger partial charge in [0, 0.05) is 49.9 Å². The number of hydrogen-bond donors (Lipinski definition) is 1. The van der Waals surface area contributed by atoms with Gasteiger partial charge in [-0.05, 0) is 48.8 Å². The number of hydrogen-bond acceptors (Lipinski definition) is 5. The Labute approximate surface area is 194 Å². The third-order valence-corrected chi connectivity index (χ3v) is 7.49. The lowest BCUT2D eigenvalue weighted by atomic mass is 9.89. The molecule has 32 heavy (non-hydrogen) atoms. The molecule has 2 aromatic rings. The van der Waals surface area contributed by atoms with Crippen LogP contribution in [0.3, 0.4) is 0 Å². The van der Waals surface area contributed by atoms with Crippen molar-refractivity contribution in [2.75, 3.05) is 44.2 Å². The fourth-order valence-electron chi connectivity index (χ4n) is 5.40. The van der Waals surface area contributed by atoms with Crippen molar-refractivity contribution < 1.29 is 9.90 Å². The van der Waals surface area contributed by atoms with E-state index in [1.54, 1.807) is 6.33 Å². The fraction of sp³-hybridized carbons (Fsp3) is 0.542. The van der Waals surface area contributed by atoms with Gasteiger partial charge in [-0.3, -0.25) is 0 Å². The van der Waals surface area contributed by atoms with Crippen molar-refractivity contribution in [2.24, 2.45) is 0 Å². The quantitative estimate of drug-likeness (QED) is 0.745. The molecule has 2 aliphatic heterocycles. The number of carbonyl (C=O) groups excluding carboxylic acids is 1. The normalized spacial score (nSPS) is 24.0. The first-order valence-corrected chi connectivity index (χ1v) is 12.0. The van der Waals surface area contributed by atoms with Gasteiger partial charge in [0.05, 0.1) is 11.8 Å². The average Bonchev–Trinajstić information content (AvgIpc) is 3.13. The smallest absolute Gasteiger partial charge is 0.320 e. The minimum atomic E-state index is -0.500. The van der Waals surface area contributed by atoms with Crippen LogP contribution in [0.4, 0.5) is 10.6 Å². The third kappa shape index (κ3) is 4.04. The summed E-state index contributed by atoms with van der Waals surface area (Å²) in [6.45, 7) is 6.58. The van der Waals surface area contributed by atoms with E-state index in [1.807, 2.05) is 21.9 Å². The summed E-state index contributed by atoms with van der Waals surface area (Å²) in [7, 11) is 0. The molecule has 0 saturated carbocycles. The van der Waals surface area contributed by atoms with E-state index in [-0.39, 0.29) is 11.9 Å². The number of aliphatic hydroxyl groups is 1. The lowest BCUT2D eigenvalue weighted by molar-refractivity contribution is 0.137. The van der Waals surface area contributed by atoms with E-state index in [1.165, 1.54) is 5.56 Å². The number of urea groups is 1. The second-order valence-corrected chi connectivity index (χ2v) is 9.65. The Morgan fingerprint density at radius 3 is 2.34 bits per heavy atom. The minimum absolute atomic E-state index is 0.149. The van der Waals surface area contributed by atoms with Gasteiger partial charge in [-0.1, -0.05) is 30.7 Å². The molecule has 7 nitrogen and oxygen atoms in total. The lowest BCUT2D eigenvalue weighted by Crippen LogP contribution is -2.54. The van der Waals surface area contributed by atoms with Crippen LogP contribution in [0.5, 0.6) is 0 Å². The molecule has 1 aliphatic carbocycles. The number of piperazine rings is 1. The SMILES string of the molecule is C[C@@H]1C[C@@H](O)c2ncnc(N3CCN(C(=O)N4CCC(c5ccc(Cl)cc5)CC4)CC3)c21. The highest BCUT2D eigenvalue weighted by molar-refractivity contribution is 6.30. The molecular weight excluding hydrogens is 426 g/mol. The number of likely N-dealkylation sites (tertiary alicyclic amines) is 1. The van der Waals surface area contributed by atoms with Gasteiger partial charge in [0.25, 0.3) is 0 Å². The topological polar surface area (TPSA) is 72.8 Å². The van der Waals surface area contributed by atoms with Gasteiger partial charge in [-0.25, -0.2) is 14.8 Å². The molecule has 170 valence electrons. The van der Waals surface area contributed by atoms with Gasteiger partial charge in [0.2, 0.25) is 0 Å². The molecule has 2 atom stereocenters. The molecule has 3 aliphatic rings. The van der Waals surface area contributed by atoms with Crippen molar-refractivity contribution in [1.29, 1.82) is 0 Å². The summed E-state index contributed by atoms with van der Waals surface area (Å²) in [6.07, 6.45) is 3.73. The molecule has 0 radical (unpaired) electrons. The highest BCUT2D eigenvalue weighted by Crippen LogP contribution is 2.42. The van der Waals surface area contributed by atoms with Gasteiger partial charge in [0.15, 0.2) is 0 Å². The first-order chi connectivity index (χ1) is 15.5. The van der Waals surface area contributed by atoms with E-state index in [4.69, 9.17) is 11.6 Å². The predicted molar refractivity (Wildman–Crippen MR) is 124 cm³/mol. The molecule has 2 fully saturated rings. The molecule has 5 rings (SSSR count). The number of amides is 2. The highest BCUT2D eigenvalue weighted by atomic mass is 35.5. The molecule has 0 unspecified atom stereocenters. The molecule has 1 aromatic carbocycles. The minimum Gasteiger partial charge on any atom is -0.387 e. The van der Waals surface area contributed by atoms with Crippen LogP contribution in [-0.4, -0.2) is 70.2 Å². The van der Waals surface area contributed by atoms with Gasteiger partial charge in [-0.2, -0.15) is 0 Å². The van der Waals surface area contributed by atoms with Gasteiger partial charge < -0.3 is 19.8 Å². The Kier molecular flexibility index (Phi) is 5.95. The number of carbonyl (C=O) groups is 1. The summed E-state index contributed by atoms with van der Waals surface area (Å²) in [6, 6.07) is 8.25. The number of aliphatic hydroxyl groups excluding tert-OH is 1. The lowest BCUT2D eigenvalue weighted by Gasteiger charge is -2.40. The molecule has 2 saturated heterocycles. The summed E-state index contributed by atoms with van der Waals surface area (Å²) in [5, 5.41) is 11.0.